The Balaban J connectivity index is 2.18. The largest absolute Gasteiger partial charge is 0.321 e. The van der Waals surface area contributed by atoms with E-state index in [1.165, 1.54) is 12.1 Å². The summed E-state index contributed by atoms with van der Waals surface area (Å²) in [6.45, 7) is 1.89. The number of halogens is 2. The van der Waals surface area contributed by atoms with Crippen molar-refractivity contribution < 1.29 is 4.39 Å². The maximum atomic E-state index is 13.6. The minimum atomic E-state index is -0.446. The molecule has 0 aliphatic heterocycles. The molecule has 0 fully saturated rings. The molecule has 2 N–H and O–H groups in total. The van der Waals surface area contributed by atoms with Crippen LogP contribution in [0.2, 0.25) is 5.02 Å². The van der Waals surface area contributed by atoms with E-state index in [0.29, 0.717) is 22.8 Å². The Labute approximate surface area is 110 Å². The molecule has 1 aromatic carbocycles. The average molecular weight is 266 g/mol. The first-order chi connectivity index (χ1) is 8.56. The number of aryl methyl sites for hydroxylation is 1. The SMILES string of the molecule is Cc1cnc(C(N)Cc2cc(Cl)ccc2F)nc1. The lowest BCUT2D eigenvalue weighted by Crippen LogP contribution is -2.17. The molecule has 0 saturated carbocycles. The molecule has 18 heavy (non-hydrogen) atoms. The van der Waals surface area contributed by atoms with Gasteiger partial charge < -0.3 is 5.73 Å². The summed E-state index contributed by atoms with van der Waals surface area (Å²) < 4.78 is 13.6. The first-order valence-corrected chi connectivity index (χ1v) is 5.92. The molecule has 0 aliphatic carbocycles. The molecule has 1 atom stereocenters. The smallest absolute Gasteiger partial charge is 0.145 e. The van der Waals surface area contributed by atoms with Crippen molar-refractivity contribution in [3.8, 4) is 0 Å². The summed E-state index contributed by atoms with van der Waals surface area (Å²) in [5.74, 6) is 0.182. The average Bonchev–Trinajstić information content (AvgIpc) is 2.34. The van der Waals surface area contributed by atoms with Crippen LogP contribution in [0.3, 0.4) is 0 Å². The topological polar surface area (TPSA) is 51.8 Å². The lowest BCUT2D eigenvalue weighted by atomic mass is 10.1. The van der Waals surface area contributed by atoms with Gasteiger partial charge in [-0.3, -0.25) is 0 Å². The van der Waals surface area contributed by atoms with E-state index < -0.39 is 6.04 Å². The van der Waals surface area contributed by atoms with E-state index in [2.05, 4.69) is 9.97 Å². The van der Waals surface area contributed by atoms with Gasteiger partial charge in [-0.1, -0.05) is 11.6 Å². The van der Waals surface area contributed by atoms with E-state index in [4.69, 9.17) is 17.3 Å². The summed E-state index contributed by atoms with van der Waals surface area (Å²) in [5, 5.41) is 0.489. The van der Waals surface area contributed by atoms with Crippen LogP contribution in [-0.2, 0) is 6.42 Å². The van der Waals surface area contributed by atoms with Gasteiger partial charge in [0.1, 0.15) is 11.6 Å². The van der Waals surface area contributed by atoms with Gasteiger partial charge in [-0.05, 0) is 42.7 Å². The highest BCUT2D eigenvalue weighted by Crippen LogP contribution is 2.19. The summed E-state index contributed by atoms with van der Waals surface area (Å²) >= 11 is 5.83. The van der Waals surface area contributed by atoms with Gasteiger partial charge in [0.15, 0.2) is 0 Å². The zero-order valence-corrected chi connectivity index (χ0v) is 10.7. The Morgan fingerprint density at radius 3 is 2.67 bits per heavy atom. The van der Waals surface area contributed by atoms with Crippen molar-refractivity contribution in [2.45, 2.75) is 19.4 Å². The van der Waals surface area contributed by atoms with Crippen LogP contribution in [0.15, 0.2) is 30.6 Å². The number of rotatable bonds is 3. The lowest BCUT2D eigenvalue weighted by molar-refractivity contribution is 0.584. The predicted molar refractivity (Wildman–Crippen MR) is 68.8 cm³/mol. The molecule has 94 valence electrons. The highest BCUT2D eigenvalue weighted by Gasteiger charge is 2.13. The number of nitrogens with two attached hydrogens (primary N) is 1. The van der Waals surface area contributed by atoms with Crippen LogP contribution in [0.4, 0.5) is 4.39 Å². The zero-order valence-electron chi connectivity index (χ0n) is 9.90. The Morgan fingerprint density at radius 1 is 1.33 bits per heavy atom. The van der Waals surface area contributed by atoms with E-state index in [9.17, 15) is 4.39 Å². The lowest BCUT2D eigenvalue weighted by Gasteiger charge is -2.11. The number of hydrogen-bond donors (Lipinski definition) is 1. The standard InChI is InChI=1S/C13H13ClFN3/c1-8-6-17-13(18-7-8)12(16)5-9-4-10(14)2-3-11(9)15/h2-4,6-7,12H,5,16H2,1H3. The van der Waals surface area contributed by atoms with Crippen molar-refractivity contribution in [2.75, 3.05) is 0 Å². The summed E-state index contributed by atoms with van der Waals surface area (Å²) in [7, 11) is 0. The van der Waals surface area contributed by atoms with Crippen LogP contribution in [0.5, 0.6) is 0 Å². The molecular weight excluding hydrogens is 253 g/mol. The summed E-state index contributed by atoms with van der Waals surface area (Å²) in [6, 6.07) is 3.97. The molecule has 0 saturated heterocycles. The van der Waals surface area contributed by atoms with Crippen molar-refractivity contribution in [2.24, 2.45) is 5.73 Å². The third-order valence-corrected chi connectivity index (χ3v) is 2.82. The fraction of sp³-hybridized carbons (Fsp3) is 0.231. The first-order valence-electron chi connectivity index (χ1n) is 5.54. The van der Waals surface area contributed by atoms with Crippen molar-refractivity contribution in [1.82, 2.24) is 9.97 Å². The maximum absolute atomic E-state index is 13.6. The van der Waals surface area contributed by atoms with Gasteiger partial charge in [0.25, 0.3) is 0 Å². The predicted octanol–water partition coefficient (Wildman–Crippen LogP) is 2.82. The van der Waals surface area contributed by atoms with Crippen molar-refractivity contribution in [1.29, 1.82) is 0 Å². The molecule has 0 bridgehead atoms. The molecule has 1 aromatic heterocycles. The second-order valence-corrected chi connectivity index (χ2v) is 4.60. The highest BCUT2D eigenvalue weighted by atomic mass is 35.5. The van der Waals surface area contributed by atoms with Crippen molar-refractivity contribution in [3.63, 3.8) is 0 Å². The van der Waals surface area contributed by atoms with E-state index >= 15 is 0 Å². The summed E-state index contributed by atoms with van der Waals surface area (Å²) in [4.78, 5) is 8.27. The molecule has 0 amide bonds. The van der Waals surface area contributed by atoms with Gasteiger partial charge in [-0.25, -0.2) is 14.4 Å². The van der Waals surface area contributed by atoms with E-state index in [1.54, 1.807) is 18.5 Å². The Morgan fingerprint density at radius 2 is 2.00 bits per heavy atom. The molecule has 2 aromatic rings. The fourth-order valence-corrected chi connectivity index (χ4v) is 1.82. The molecule has 5 heteroatoms. The van der Waals surface area contributed by atoms with Gasteiger partial charge in [0.05, 0.1) is 6.04 Å². The van der Waals surface area contributed by atoms with Gasteiger partial charge >= 0.3 is 0 Å². The highest BCUT2D eigenvalue weighted by molar-refractivity contribution is 6.30. The molecule has 3 nitrogen and oxygen atoms in total. The Bertz CT molecular complexity index is 542. The second kappa shape index (κ2) is 5.42. The van der Waals surface area contributed by atoms with Crippen LogP contribution in [-0.4, -0.2) is 9.97 Å². The summed E-state index contributed by atoms with van der Waals surface area (Å²) in [5.41, 5.74) is 7.39. The van der Waals surface area contributed by atoms with Crippen molar-refractivity contribution >= 4 is 11.6 Å². The van der Waals surface area contributed by atoms with Gasteiger partial charge in [-0.15, -0.1) is 0 Å². The Kier molecular flexibility index (Phi) is 3.89. The van der Waals surface area contributed by atoms with Crippen LogP contribution in [0, 0.1) is 12.7 Å². The van der Waals surface area contributed by atoms with Crippen molar-refractivity contribution in [3.05, 3.63) is 58.4 Å². The Hall–Kier alpha value is -1.52. The normalized spacial score (nSPS) is 12.4. The molecule has 1 unspecified atom stereocenters. The third kappa shape index (κ3) is 3.03. The second-order valence-electron chi connectivity index (χ2n) is 4.16. The third-order valence-electron chi connectivity index (χ3n) is 2.58. The molecular formula is C13H13ClFN3. The van der Waals surface area contributed by atoms with Crippen LogP contribution in [0.25, 0.3) is 0 Å². The van der Waals surface area contributed by atoms with Crippen LogP contribution in [0.1, 0.15) is 23.0 Å². The number of aromatic nitrogens is 2. The number of hydrogen-bond acceptors (Lipinski definition) is 3. The fourth-order valence-electron chi connectivity index (χ4n) is 1.62. The molecule has 0 radical (unpaired) electrons. The van der Waals surface area contributed by atoms with Crippen LogP contribution < -0.4 is 5.73 Å². The first kappa shape index (κ1) is 12.9. The minimum absolute atomic E-state index is 0.315. The van der Waals surface area contributed by atoms with E-state index in [1.807, 2.05) is 6.92 Å². The van der Waals surface area contributed by atoms with Gasteiger partial charge in [0, 0.05) is 17.4 Å². The minimum Gasteiger partial charge on any atom is -0.321 e. The van der Waals surface area contributed by atoms with E-state index in [0.717, 1.165) is 5.56 Å². The molecule has 0 aliphatic rings. The number of benzene rings is 1. The molecule has 1 heterocycles. The quantitative estimate of drug-likeness (QED) is 0.928. The molecule has 2 rings (SSSR count). The van der Waals surface area contributed by atoms with Crippen LogP contribution >= 0.6 is 11.6 Å². The monoisotopic (exact) mass is 265 g/mol. The van der Waals surface area contributed by atoms with Gasteiger partial charge in [-0.2, -0.15) is 0 Å². The van der Waals surface area contributed by atoms with Gasteiger partial charge in [0.2, 0.25) is 0 Å². The molecule has 0 spiro atoms. The summed E-state index contributed by atoms with van der Waals surface area (Å²) in [6.07, 6.45) is 3.70. The van der Waals surface area contributed by atoms with E-state index in [-0.39, 0.29) is 5.82 Å². The maximum Gasteiger partial charge on any atom is 0.145 e. The number of nitrogens with zero attached hydrogens (tertiary/aromatic N) is 2. The zero-order chi connectivity index (χ0) is 13.1.